The van der Waals surface area contributed by atoms with Crippen molar-refractivity contribution in [2.24, 2.45) is 11.8 Å². The molecule has 2 rings (SSSR count). The summed E-state index contributed by atoms with van der Waals surface area (Å²) in [5.74, 6) is 1.72. The highest BCUT2D eigenvalue weighted by atomic mass is 14.9. The standard InChI is InChI=1S/C17H25N/c1-13-9-14(2)11-17(10-13)18-12-15(3)16-7-5-4-6-8-16/h4-8,13-14,17-18H,3,9-12H2,1-2H3. The van der Waals surface area contributed by atoms with Crippen molar-refractivity contribution in [3.8, 4) is 0 Å². The van der Waals surface area contributed by atoms with Gasteiger partial charge in [-0.05, 0) is 42.2 Å². The minimum atomic E-state index is 0.671. The van der Waals surface area contributed by atoms with Gasteiger partial charge in [-0.1, -0.05) is 50.8 Å². The summed E-state index contributed by atoms with van der Waals surface area (Å²) in [7, 11) is 0. The number of benzene rings is 1. The lowest BCUT2D eigenvalue weighted by atomic mass is 9.80. The molecule has 1 aliphatic rings. The monoisotopic (exact) mass is 243 g/mol. The van der Waals surface area contributed by atoms with Gasteiger partial charge in [0.05, 0.1) is 0 Å². The van der Waals surface area contributed by atoms with Gasteiger partial charge < -0.3 is 5.32 Å². The maximum Gasteiger partial charge on any atom is 0.0208 e. The van der Waals surface area contributed by atoms with Gasteiger partial charge in [-0.25, -0.2) is 0 Å². The zero-order valence-corrected chi connectivity index (χ0v) is 11.7. The Balaban J connectivity index is 1.83. The molecule has 0 bridgehead atoms. The summed E-state index contributed by atoms with van der Waals surface area (Å²) in [5.41, 5.74) is 2.45. The van der Waals surface area contributed by atoms with Gasteiger partial charge in [0.2, 0.25) is 0 Å². The Bertz CT molecular complexity index is 372. The second kappa shape index (κ2) is 6.19. The Morgan fingerprint density at radius 1 is 1.11 bits per heavy atom. The van der Waals surface area contributed by atoms with Crippen LogP contribution in [0.5, 0.6) is 0 Å². The molecule has 0 radical (unpaired) electrons. The summed E-state index contributed by atoms with van der Waals surface area (Å²) in [5, 5.41) is 3.68. The average molecular weight is 243 g/mol. The van der Waals surface area contributed by atoms with E-state index in [9.17, 15) is 0 Å². The molecule has 0 heterocycles. The van der Waals surface area contributed by atoms with E-state index in [0.29, 0.717) is 6.04 Å². The second-order valence-electron chi connectivity index (χ2n) is 5.96. The van der Waals surface area contributed by atoms with E-state index >= 15 is 0 Å². The smallest absolute Gasteiger partial charge is 0.0208 e. The molecule has 1 aliphatic carbocycles. The third kappa shape index (κ3) is 3.71. The fourth-order valence-electron chi connectivity index (χ4n) is 3.16. The molecular formula is C17H25N. The van der Waals surface area contributed by atoms with Crippen molar-refractivity contribution in [2.45, 2.75) is 39.2 Å². The van der Waals surface area contributed by atoms with E-state index in [1.165, 1.54) is 30.4 Å². The van der Waals surface area contributed by atoms with E-state index in [2.05, 4.69) is 56.1 Å². The first-order valence-electron chi connectivity index (χ1n) is 7.11. The fourth-order valence-corrected chi connectivity index (χ4v) is 3.16. The molecule has 1 fully saturated rings. The van der Waals surface area contributed by atoms with Crippen molar-refractivity contribution in [1.82, 2.24) is 5.32 Å². The van der Waals surface area contributed by atoms with Crippen LogP contribution in [0.25, 0.3) is 5.57 Å². The fraction of sp³-hybridized carbons (Fsp3) is 0.529. The van der Waals surface area contributed by atoms with Gasteiger partial charge in [0.15, 0.2) is 0 Å². The highest BCUT2D eigenvalue weighted by Gasteiger charge is 2.23. The molecule has 0 spiro atoms. The molecule has 18 heavy (non-hydrogen) atoms. The van der Waals surface area contributed by atoms with Gasteiger partial charge in [0.25, 0.3) is 0 Å². The van der Waals surface area contributed by atoms with Crippen molar-refractivity contribution in [1.29, 1.82) is 0 Å². The molecular weight excluding hydrogens is 218 g/mol. The topological polar surface area (TPSA) is 12.0 Å². The van der Waals surface area contributed by atoms with Crippen LogP contribution in [-0.2, 0) is 0 Å². The summed E-state index contributed by atoms with van der Waals surface area (Å²) in [6.45, 7) is 9.84. The second-order valence-corrected chi connectivity index (χ2v) is 5.96. The van der Waals surface area contributed by atoms with Crippen LogP contribution in [0.15, 0.2) is 36.9 Å². The number of rotatable bonds is 4. The van der Waals surface area contributed by atoms with E-state index in [0.717, 1.165) is 18.4 Å². The first kappa shape index (κ1) is 13.4. The van der Waals surface area contributed by atoms with Crippen molar-refractivity contribution < 1.29 is 0 Å². The van der Waals surface area contributed by atoms with Crippen LogP contribution in [0.2, 0.25) is 0 Å². The molecule has 98 valence electrons. The predicted molar refractivity (Wildman–Crippen MR) is 79.4 cm³/mol. The Morgan fingerprint density at radius 3 is 2.33 bits per heavy atom. The normalized spacial score (nSPS) is 28.0. The molecule has 0 amide bonds. The molecule has 1 saturated carbocycles. The highest BCUT2D eigenvalue weighted by Crippen LogP contribution is 2.28. The van der Waals surface area contributed by atoms with Crippen LogP contribution >= 0.6 is 0 Å². The summed E-state index contributed by atoms with van der Waals surface area (Å²) in [6.07, 6.45) is 4.01. The predicted octanol–water partition coefficient (Wildman–Crippen LogP) is 4.11. The minimum Gasteiger partial charge on any atom is -0.310 e. The van der Waals surface area contributed by atoms with Crippen LogP contribution in [-0.4, -0.2) is 12.6 Å². The van der Waals surface area contributed by atoms with Crippen molar-refractivity contribution in [3.63, 3.8) is 0 Å². The van der Waals surface area contributed by atoms with Gasteiger partial charge in [-0.3, -0.25) is 0 Å². The van der Waals surface area contributed by atoms with Crippen LogP contribution in [0.1, 0.15) is 38.7 Å². The van der Waals surface area contributed by atoms with Crippen LogP contribution in [0.3, 0.4) is 0 Å². The summed E-state index contributed by atoms with van der Waals surface area (Å²) >= 11 is 0. The molecule has 1 nitrogen and oxygen atoms in total. The molecule has 2 atom stereocenters. The lowest BCUT2D eigenvalue weighted by Gasteiger charge is -2.32. The lowest BCUT2D eigenvalue weighted by Crippen LogP contribution is -2.37. The molecule has 0 aliphatic heterocycles. The first-order chi connectivity index (χ1) is 8.65. The Labute approximate surface area is 111 Å². The van der Waals surface area contributed by atoms with Crippen molar-refractivity contribution in [2.75, 3.05) is 6.54 Å². The van der Waals surface area contributed by atoms with Crippen molar-refractivity contribution in [3.05, 3.63) is 42.5 Å². The van der Waals surface area contributed by atoms with Gasteiger partial charge in [-0.2, -0.15) is 0 Å². The van der Waals surface area contributed by atoms with E-state index < -0.39 is 0 Å². The Morgan fingerprint density at radius 2 is 1.72 bits per heavy atom. The number of hydrogen-bond acceptors (Lipinski definition) is 1. The van der Waals surface area contributed by atoms with Gasteiger partial charge in [-0.15, -0.1) is 0 Å². The number of nitrogens with one attached hydrogen (secondary N) is 1. The third-order valence-electron chi connectivity index (χ3n) is 3.96. The van der Waals surface area contributed by atoms with E-state index in [-0.39, 0.29) is 0 Å². The molecule has 1 heteroatoms. The number of hydrogen-bond donors (Lipinski definition) is 1. The zero-order chi connectivity index (χ0) is 13.0. The van der Waals surface area contributed by atoms with Gasteiger partial charge >= 0.3 is 0 Å². The van der Waals surface area contributed by atoms with Gasteiger partial charge in [0, 0.05) is 12.6 Å². The van der Waals surface area contributed by atoms with E-state index in [1.54, 1.807) is 0 Å². The molecule has 0 saturated heterocycles. The van der Waals surface area contributed by atoms with Crippen LogP contribution < -0.4 is 5.32 Å². The SMILES string of the molecule is C=C(CNC1CC(C)CC(C)C1)c1ccccc1. The Kier molecular flexibility index (Phi) is 4.60. The minimum absolute atomic E-state index is 0.671. The van der Waals surface area contributed by atoms with Crippen LogP contribution in [0.4, 0.5) is 0 Å². The summed E-state index contributed by atoms with van der Waals surface area (Å²) in [6, 6.07) is 11.1. The zero-order valence-electron chi connectivity index (χ0n) is 11.7. The summed E-state index contributed by atoms with van der Waals surface area (Å²) < 4.78 is 0. The highest BCUT2D eigenvalue weighted by molar-refractivity contribution is 5.64. The first-order valence-corrected chi connectivity index (χ1v) is 7.11. The third-order valence-corrected chi connectivity index (χ3v) is 3.96. The average Bonchev–Trinajstić information content (AvgIpc) is 2.36. The lowest BCUT2D eigenvalue weighted by molar-refractivity contribution is 0.244. The summed E-state index contributed by atoms with van der Waals surface area (Å²) in [4.78, 5) is 0. The van der Waals surface area contributed by atoms with E-state index in [4.69, 9.17) is 0 Å². The molecule has 1 aromatic rings. The maximum absolute atomic E-state index is 4.18. The Hall–Kier alpha value is -1.08. The van der Waals surface area contributed by atoms with Crippen LogP contribution in [0, 0.1) is 11.8 Å². The van der Waals surface area contributed by atoms with Gasteiger partial charge in [0.1, 0.15) is 0 Å². The molecule has 0 aromatic heterocycles. The molecule has 1 aromatic carbocycles. The van der Waals surface area contributed by atoms with Crippen molar-refractivity contribution >= 4 is 5.57 Å². The molecule has 1 N–H and O–H groups in total. The maximum atomic E-state index is 4.18. The quantitative estimate of drug-likeness (QED) is 0.839. The largest absolute Gasteiger partial charge is 0.310 e. The van der Waals surface area contributed by atoms with E-state index in [1.807, 2.05) is 0 Å². The molecule has 2 unspecified atom stereocenters.